The molecule has 1 unspecified atom stereocenters. The van der Waals surface area contributed by atoms with Gasteiger partial charge in [0.15, 0.2) is 0 Å². The average molecular weight is 209 g/mol. The lowest BCUT2D eigenvalue weighted by Crippen LogP contribution is -2.50. The van der Waals surface area contributed by atoms with Crippen LogP contribution < -0.4 is 0 Å². The third-order valence-electron chi connectivity index (χ3n) is 2.23. The molecule has 1 aliphatic rings. The van der Waals surface area contributed by atoms with Crippen molar-refractivity contribution in [3.05, 3.63) is 12.2 Å². The Bertz CT molecular complexity index is 214. The third kappa shape index (κ3) is 2.27. The van der Waals surface area contributed by atoms with Gasteiger partial charge in [-0.2, -0.15) is 8.78 Å². The molecule has 82 valence electrons. The maximum atomic E-state index is 13.4. The first-order valence-corrected chi connectivity index (χ1v) is 4.46. The molecule has 0 saturated carbocycles. The monoisotopic (exact) mass is 209 g/mol. The standard InChI is InChI=1S/C9H14F3NO/c1-7(2)9(11,12)8(10)13-3-5-14-6-4-13/h8H,1,3-6H2,2H3. The summed E-state index contributed by atoms with van der Waals surface area (Å²) in [6.45, 7) is 5.22. The molecule has 0 amide bonds. The smallest absolute Gasteiger partial charge is 0.312 e. The minimum atomic E-state index is -3.47. The van der Waals surface area contributed by atoms with Gasteiger partial charge < -0.3 is 4.74 Å². The molecule has 0 aromatic carbocycles. The van der Waals surface area contributed by atoms with Crippen molar-refractivity contribution in [1.82, 2.24) is 4.90 Å². The predicted octanol–water partition coefficient (Wildman–Crippen LogP) is 1.83. The number of morpholine rings is 1. The summed E-state index contributed by atoms with van der Waals surface area (Å²) >= 11 is 0. The fourth-order valence-corrected chi connectivity index (χ4v) is 1.24. The highest BCUT2D eigenvalue weighted by molar-refractivity contribution is 5.07. The van der Waals surface area contributed by atoms with Crippen molar-refractivity contribution in [3.8, 4) is 0 Å². The lowest BCUT2D eigenvalue weighted by molar-refractivity contribution is -0.132. The zero-order chi connectivity index (χ0) is 10.8. The molecule has 1 rings (SSSR count). The fraction of sp³-hybridized carbons (Fsp3) is 0.778. The Morgan fingerprint density at radius 1 is 1.43 bits per heavy atom. The molecule has 0 aromatic rings. The van der Waals surface area contributed by atoms with E-state index in [9.17, 15) is 13.2 Å². The van der Waals surface area contributed by atoms with E-state index in [0.717, 1.165) is 11.8 Å². The van der Waals surface area contributed by atoms with E-state index in [-0.39, 0.29) is 13.1 Å². The van der Waals surface area contributed by atoms with E-state index in [1.807, 2.05) is 0 Å². The second-order valence-corrected chi connectivity index (χ2v) is 3.39. The zero-order valence-corrected chi connectivity index (χ0v) is 8.10. The Kier molecular flexibility index (Phi) is 3.55. The molecule has 0 aliphatic carbocycles. The molecule has 14 heavy (non-hydrogen) atoms. The van der Waals surface area contributed by atoms with E-state index in [0.29, 0.717) is 13.2 Å². The molecule has 1 heterocycles. The summed E-state index contributed by atoms with van der Waals surface area (Å²) < 4.78 is 44.7. The van der Waals surface area contributed by atoms with E-state index in [2.05, 4.69) is 6.58 Å². The van der Waals surface area contributed by atoms with Crippen LogP contribution in [0.15, 0.2) is 12.2 Å². The summed E-state index contributed by atoms with van der Waals surface area (Å²) in [5.41, 5.74) is -0.448. The van der Waals surface area contributed by atoms with Crippen LogP contribution in [0.4, 0.5) is 13.2 Å². The highest BCUT2D eigenvalue weighted by Crippen LogP contribution is 2.31. The molecule has 0 bridgehead atoms. The van der Waals surface area contributed by atoms with Gasteiger partial charge in [-0.25, -0.2) is 4.39 Å². The van der Waals surface area contributed by atoms with E-state index in [4.69, 9.17) is 4.74 Å². The van der Waals surface area contributed by atoms with Crippen molar-refractivity contribution in [3.63, 3.8) is 0 Å². The molecule has 1 atom stereocenters. The lowest BCUT2D eigenvalue weighted by Gasteiger charge is -2.33. The SMILES string of the molecule is C=C(C)C(F)(F)C(F)N1CCOCC1. The second kappa shape index (κ2) is 4.31. The molecule has 0 radical (unpaired) electrons. The van der Waals surface area contributed by atoms with E-state index >= 15 is 0 Å². The number of halogens is 3. The number of hydrogen-bond donors (Lipinski definition) is 0. The van der Waals surface area contributed by atoms with Crippen LogP contribution in [0, 0.1) is 0 Å². The maximum absolute atomic E-state index is 13.4. The molecule has 0 aromatic heterocycles. The third-order valence-corrected chi connectivity index (χ3v) is 2.23. The molecule has 2 nitrogen and oxygen atoms in total. The first kappa shape index (κ1) is 11.5. The average Bonchev–Trinajstić information content (AvgIpc) is 2.17. The summed E-state index contributed by atoms with van der Waals surface area (Å²) in [5.74, 6) is -3.47. The van der Waals surface area contributed by atoms with Gasteiger partial charge in [0.25, 0.3) is 0 Å². The van der Waals surface area contributed by atoms with Crippen LogP contribution in [0.25, 0.3) is 0 Å². The predicted molar refractivity (Wildman–Crippen MR) is 47.0 cm³/mol. The Morgan fingerprint density at radius 3 is 2.36 bits per heavy atom. The van der Waals surface area contributed by atoms with E-state index in [1.54, 1.807) is 0 Å². The van der Waals surface area contributed by atoms with Gasteiger partial charge in [0.05, 0.1) is 13.2 Å². The van der Waals surface area contributed by atoms with Gasteiger partial charge in [0, 0.05) is 13.1 Å². The van der Waals surface area contributed by atoms with Gasteiger partial charge in [-0.15, -0.1) is 0 Å². The quantitative estimate of drug-likeness (QED) is 0.519. The molecule has 0 N–H and O–H groups in total. The van der Waals surface area contributed by atoms with Crippen LogP contribution in [0.5, 0.6) is 0 Å². The van der Waals surface area contributed by atoms with Crippen LogP contribution >= 0.6 is 0 Å². The molecular formula is C9H14F3NO. The van der Waals surface area contributed by atoms with Crippen molar-refractivity contribution in [2.24, 2.45) is 0 Å². The largest absolute Gasteiger partial charge is 0.379 e. The highest BCUT2D eigenvalue weighted by atomic mass is 19.3. The first-order valence-electron chi connectivity index (χ1n) is 4.46. The van der Waals surface area contributed by atoms with Crippen LogP contribution in [0.3, 0.4) is 0 Å². The van der Waals surface area contributed by atoms with Crippen molar-refractivity contribution >= 4 is 0 Å². The number of hydrogen-bond acceptors (Lipinski definition) is 2. The van der Waals surface area contributed by atoms with Crippen molar-refractivity contribution in [2.45, 2.75) is 19.1 Å². The molecule has 1 fully saturated rings. The van der Waals surface area contributed by atoms with Crippen molar-refractivity contribution in [2.75, 3.05) is 26.3 Å². The second-order valence-electron chi connectivity index (χ2n) is 3.39. The summed E-state index contributed by atoms with van der Waals surface area (Å²) in [7, 11) is 0. The van der Waals surface area contributed by atoms with E-state index < -0.39 is 17.8 Å². The molecular weight excluding hydrogens is 195 g/mol. The van der Waals surface area contributed by atoms with Gasteiger partial charge in [-0.3, -0.25) is 4.90 Å². The number of rotatable bonds is 3. The van der Waals surface area contributed by atoms with Crippen molar-refractivity contribution < 1.29 is 17.9 Å². The summed E-state index contributed by atoms with van der Waals surface area (Å²) in [6, 6.07) is 0. The number of ether oxygens (including phenoxy) is 1. The number of alkyl halides is 3. The van der Waals surface area contributed by atoms with Crippen LogP contribution in [0.1, 0.15) is 6.92 Å². The zero-order valence-electron chi connectivity index (χ0n) is 8.10. The molecule has 1 saturated heterocycles. The molecule has 5 heteroatoms. The Balaban J connectivity index is 2.62. The van der Waals surface area contributed by atoms with Gasteiger partial charge >= 0.3 is 5.92 Å². The van der Waals surface area contributed by atoms with Gasteiger partial charge in [0.1, 0.15) is 0 Å². The normalized spacial score (nSPS) is 22.0. The lowest BCUT2D eigenvalue weighted by atomic mass is 10.1. The fourth-order valence-electron chi connectivity index (χ4n) is 1.24. The summed E-state index contributed by atoms with van der Waals surface area (Å²) in [4.78, 5) is 1.08. The Hall–Kier alpha value is -0.550. The summed E-state index contributed by atoms with van der Waals surface area (Å²) in [6.07, 6.45) is -2.29. The summed E-state index contributed by atoms with van der Waals surface area (Å²) in [5, 5.41) is 0. The highest BCUT2D eigenvalue weighted by Gasteiger charge is 2.44. The number of nitrogens with zero attached hydrogens (tertiary/aromatic N) is 1. The van der Waals surface area contributed by atoms with Gasteiger partial charge in [-0.1, -0.05) is 6.58 Å². The minimum Gasteiger partial charge on any atom is -0.379 e. The van der Waals surface area contributed by atoms with Crippen LogP contribution in [-0.2, 0) is 4.74 Å². The minimum absolute atomic E-state index is 0.198. The Morgan fingerprint density at radius 2 is 1.93 bits per heavy atom. The first-order chi connectivity index (χ1) is 6.46. The van der Waals surface area contributed by atoms with Crippen LogP contribution in [-0.4, -0.2) is 43.4 Å². The van der Waals surface area contributed by atoms with Gasteiger partial charge in [-0.05, 0) is 12.5 Å². The van der Waals surface area contributed by atoms with Gasteiger partial charge in [0.2, 0.25) is 6.30 Å². The Labute approximate surface area is 81.3 Å². The van der Waals surface area contributed by atoms with Crippen LogP contribution in [0.2, 0.25) is 0 Å². The molecule has 0 spiro atoms. The maximum Gasteiger partial charge on any atom is 0.312 e. The van der Waals surface area contributed by atoms with Crippen molar-refractivity contribution in [1.29, 1.82) is 0 Å². The molecule has 1 aliphatic heterocycles. The topological polar surface area (TPSA) is 12.5 Å². The van der Waals surface area contributed by atoms with E-state index in [1.165, 1.54) is 0 Å².